The van der Waals surface area contributed by atoms with Crippen LogP contribution in [0.25, 0.3) is 0 Å². The van der Waals surface area contributed by atoms with E-state index < -0.39 is 5.97 Å². The number of rotatable bonds is 16. The maximum absolute atomic E-state index is 10.7. The number of allylic oxidation sites excluding steroid dienone is 2. The van der Waals surface area contributed by atoms with Gasteiger partial charge < -0.3 is 9.59 Å². The van der Waals surface area contributed by atoms with Gasteiger partial charge >= 0.3 is 5.97 Å². The number of carbonyl (C=O) groups is 1. The fraction of sp³-hybridized carbons (Fsp3) is 0.850. The van der Waals surface area contributed by atoms with Crippen molar-refractivity contribution in [3.63, 3.8) is 0 Å². The van der Waals surface area contributed by atoms with Crippen LogP contribution in [-0.4, -0.2) is 42.7 Å². The highest BCUT2D eigenvalue weighted by atomic mass is 16.4. The van der Waals surface area contributed by atoms with Crippen LogP contribution in [0.3, 0.4) is 0 Å². The highest BCUT2D eigenvalue weighted by Gasteiger charge is 2.18. The summed E-state index contributed by atoms with van der Waals surface area (Å²) >= 11 is 0. The van der Waals surface area contributed by atoms with E-state index in [9.17, 15) is 4.79 Å². The van der Waals surface area contributed by atoms with Gasteiger partial charge in [-0.05, 0) is 38.5 Å². The smallest absolute Gasteiger partial charge is 0.359 e. The second kappa shape index (κ2) is 14.7. The molecule has 0 saturated heterocycles. The van der Waals surface area contributed by atoms with Crippen molar-refractivity contribution < 1.29 is 14.4 Å². The first-order valence-electron chi connectivity index (χ1n) is 9.67. The van der Waals surface area contributed by atoms with Crippen LogP contribution in [0.5, 0.6) is 0 Å². The molecule has 0 spiro atoms. The number of nitrogens with zero attached hydrogens (tertiary/aromatic N) is 1. The fourth-order valence-corrected chi connectivity index (χ4v) is 2.88. The molecule has 0 amide bonds. The number of aliphatic carboxylic acids is 1. The quantitative estimate of drug-likeness (QED) is 0.234. The summed E-state index contributed by atoms with van der Waals surface area (Å²) in [5.74, 6) is -0.701. The Morgan fingerprint density at radius 2 is 1.30 bits per heavy atom. The lowest BCUT2D eigenvalue weighted by Crippen LogP contribution is -2.44. The second-order valence-electron chi connectivity index (χ2n) is 7.44. The Morgan fingerprint density at radius 3 is 1.83 bits per heavy atom. The van der Waals surface area contributed by atoms with Crippen molar-refractivity contribution >= 4 is 5.97 Å². The van der Waals surface area contributed by atoms with Gasteiger partial charge in [-0.25, -0.2) is 4.79 Å². The zero-order chi connectivity index (χ0) is 17.4. The molecule has 0 aromatic rings. The topological polar surface area (TPSA) is 37.3 Å². The van der Waals surface area contributed by atoms with E-state index in [1.807, 2.05) is 14.1 Å². The number of unbranched alkanes of at least 4 members (excludes halogenated alkanes) is 10. The molecule has 3 nitrogen and oxygen atoms in total. The first-order chi connectivity index (χ1) is 11.0. The van der Waals surface area contributed by atoms with Gasteiger partial charge in [0.25, 0.3) is 0 Å². The van der Waals surface area contributed by atoms with Crippen molar-refractivity contribution in [2.45, 2.75) is 84.0 Å². The summed E-state index contributed by atoms with van der Waals surface area (Å²) in [7, 11) is 4.01. The summed E-state index contributed by atoms with van der Waals surface area (Å²) in [5.41, 5.74) is 0. The number of hydrogen-bond donors (Lipinski definition) is 1. The lowest BCUT2D eigenvalue weighted by atomic mass is 10.1. The van der Waals surface area contributed by atoms with Crippen LogP contribution in [0.15, 0.2) is 12.2 Å². The molecular weight excluding hydrogens is 286 g/mol. The Bertz CT molecular complexity index is 311. The summed E-state index contributed by atoms with van der Waals surface area (Å²) in [6.45, 7) is 3.45. The normalized spacial score (nSPS) is 12.1. The van der Waals surface area contributed by atoms with E-state index in [0.29, 0.717) is 4.48 Å². The summed E-state index contributed by atoms with van der Waals surface area (Å²) in [5, 5.41) is 8.84. The molecule has 0 rings (SSSR count). The van der Waals surface area contributed by atoms with E-state index >= 15 is 0 Å². The molecule has 0 aromatic carbocycles. The Morgan fingerprint density at radius 1 is 0.826 bits per heavy atom. The Labute approximate surface area is 144 Å². The van der Waals surface area contributed by atoms with Crippen LogP contribution < -0.4 is 0 Å². The van der Waals surface area contributed by atoms with Gasteiger partial charge in [0, 0.05) is 0 Å². The lowest BCUT2D eigenvalue weighted by Gasteiger charge is -2.27. The van der Waals surface area contributed by atoms with Crippen molar-refractivity contribution in [1.29, 1.82) is 0 Å². The van der Waals surface area contributed by atoms with Crippen molar-refractivity contribution in [3.8, 4) is 0 Å². The monoisotopic (exact) mass is 326 g/mol. The molecule has 0 fully saturated rings. The third-order valence-corrected chi connectivity index (χ3v) is 4.34. The number of carboxylic acid groups (broad SMARTS) is 1. The van der Waals surface area contributed by atoms with Crippen molar-refractivity contribution in [2.75, 3.05) is 27.2 Å². The summed E-state index contributed by atoms with van der Waals surface area (Å²) < 4.78 is 0.596. The minimum absolute atomic E-state index is 0.227. The van der Waals surface area contributed by atoms with E-state index in [0.717, 1.165) is 13.0 Å². The van der Waals surface area contributed by atoms with E-state index in [1.165, 1.54) is 70.6 Å². The molecule has 0 radical (unpaired) electrons. The van der Waals surface area contributed by atoms with Gasteiger partial charge in [0.05, 0.1) is 20.6 Å². The molecule has 0 atom stereocenters. The lowest BCUT2D eigenvalue weighted by molar-refractivity contribution is -0.883. The number of quaternary nitrogens is 1. The second-order valence-corrected chi connectivity index (χ2v) is 7.44. The maximum Gasteiger partial charge on any atom is 0.359 e. The summed E-state index contributed by atoms with van der Waals surface area (Å²) in [6.07, 6.45) is 20.2. The van der Waals surface area contributed by atoms with Crippen molar-refractivity contribution in [1.82, 2.24) is 0 Å². The van der Waals surface area contributed by atoms with Crippen LogP contribution in [0, 0.1) is 0 Å². The van der Waals surface area contributed by atoms with E-state index in [1.54, 1.807) is 0 Å². The number of carboxylic acids is 1. The third-order valence-electron chi connectivity index (χ3n) is 4.34. The average molecular weight is 327 g/mol. The van der Waals surface area contributed by atoms with Gasteiger partial charge in [0.15, 0.2) is 6.54 Å². The Kier molecular flexibility index (Phi) is 14.2. The highest BCUT2D eigenvalue weighted by Crippen LogP contribution is 2.10. The zero-order valence-electron chi connectivity index (χ0n) is 15.9. The molecule has 0 aliphatic heterocycles. The van der Waals surface area contributed by atoms with Crippen molar-refractivity contribution in [3.05, 3.63) is 12.2 Å². The van der Waals surface area contributed by atoms with Crippen LogP contribution in [-0.2, 0) is 4.79 Å². The predicted molar refractivity (Wildman–Crippen MR) is 99.7 cm³/mol. The van der Waals surface area contributed by atoms with Gasteiger partial charge in [-0.2, -0.15) is 0 Å². The molecule has 23 heavy (non-hydrogen) atoms. The van der Waals surface area contributed by atoms with E-state index in [-0.39, 0.29) is 6.54 Å². The molecular formula is C20H40NO2+. The molecule has 0 saturated carbocycles. The predicted octanol–water partition coefficient (Wildman–Crippen LogP) is 5.40. The first kappa shape index (κ1) is 22.2. The Hall–Kier alpha value is -0.830. The molecule has 1 N–H and O–H groups in total. The molecule has 0 aromatic heterocycles. The summed E-state index contributed by atoms with van der Waals surface area (Å²) in [4.78, 5) is 10.7. The minimum atomic E-state index is -0.701. The van der Waals surface area contributed by atoms with Crippen LogP contribution in [0.2, 0.25) is 0 Å². The third kappa shape index (κ3) is 17.4. The summed E-state index contributed by atoms with van der Waals surface area (Å²) in [6, 6.07) is 0. The molecule has 0 unspecified atom stereocenters. The molecule has 0 aliphatic carbocycles. The average Bonchev–Trinajstić information content (AvgIpc) is 2.46. The van der Waals surface area contributed by atoms with Crippen molar-refractivity contribution in [2.24, 2.45) is 0 Å². The maximum atomic E-state index is 10.7. The van der Waals surface area contributed by atoms with Crippen LogP contribution in [0.1, 0.15) is 84.0 Å². The molecule has 0 aliphatic rings. The van der Waals surface area contributed by atoms with Crippen LogP contribution >= 0.6 is 0 Å². The van der Waals surface area contributed by atoms with E-state index in [4.69, 9.17) is 5.11 Å². The van der Waals surface area contributed by atoms with Gasteiger partial charge in [-0.15, -0.1) is 0 Å². The molecule has 136 valence electrons. The standard InChI is InChI=1S/C20H39NO2/c1-4-5-6-7-8-9-10-11-12-13-14-15-16-17-18-21(2,3)19-20(22)23/h9-10H,4-8,11-19H2,1-3H3/p+1. The van der Waals surface area contributed by atoms with Gasteiger partial charge in [-0.3, -0.25) is 0 Å². The van der Waals surface area contributed by atoms with Crippen LogP contribution in [0.4, 0.5) is 0 Å². The fourth-order valence-electron chi connectivity index (χ4n) is 2.88. The molecule has 0 bridgehead atoms. The SMILES string of the molecule is CCCCCCC=CCCCCCCCC[N+](C)(C)CC(=O)O. The number of hydrogen-bond acceptors (Lipinski definition) is 1. The van der Waals surface area contributed by atoms with Gasteiger partial charge in [0.2, 0.25) is 0 Å². The van der Waals surface area contributed by atoms with Gasteiger partial charge in [0.1, 0.15) is 0 Å². The largest absolute Gasteiger partial charge is 0.477 e. The number of likely N-dealkylation sites (N-methyl/N-ethyl adjacent to an activating group) is 1. The zero-order valence-corrected chi connectivity index (χ0v) is 15.9. The van der Waals surface area contributed by atoms with E-state index in [2.05, 4.69) is 19.1 Å². The molecule has 0 heterocycles. The first-order valence-corrected chi connectivity index (χ1v) is 9.67. The van der Waals surface area contributed by atoms with Gasteiger partial charge in [-0.1, -0.05) is 57.6 Å². The Balaban J connectivity index is 3.30. The minimum Gasteiger partial charge on any atom is -0.477 e. The molecule has 3 heteroatoms. The highest BCUT2D eigenvalue weighted by molar-refractivity contribution is 5.67.